The Morgan fingerprint density at radius 1 is 1.37 bits per heavy atom. The molecule has 0 radical (unpaired) electrons. The van der Waals surface area contributed by atoms with Crippen LogP contribution in [0.25, 0.3) is 0 Å². The molecule has 0 bridgehead atoms. The van der Waals surface area contributed by atoms with Crippen LogP contribution >= 0.6 is 11.6 Å². The van der Waals surface area contributed by atoms with E-state index in [9.17, 15) is 4.39 Å². The Hall–Kier alpha value is -1.32. The van der Waals surface area contributed by atoms with Crippen molar-refractivity contribution in [3.05, 3.63) is 57.8 Å². The van der Waals surface area contributed by atoms with E-state index in [0.717, 1.165) is 16.7 Å². The van der Waals surface area contributed by atoms with Crippen molar-refractivity contribution in [2.75, 3.05) is 6.54 Å². The van der Waals surface area contributed by atoms with Gasteiger partial charge in [0.1, 0.15) is 5.82 Å². The summed E-state index contributed by atoms with van der Waals surface area (Å²) in [6, 6.07) is 4.99. The standard InChI is InChI=1S/C15H17ClFNO/c1-4-18-14(11-5-6-19-15(11)16)13-10(3)7-9(2)8-12(13)17/h5-8,14,18H,4H2,1-3H3. The Morgan fingerprint density at radius 2 is 2.11 bits per heavy atom. The maximum Gasteiger partial charge on any atom is 0.198 e. The molecule has 102 valence electrons. The van der Waals surface area contributed by atoms with Crippen LogP contribution in [0.5, 0.6) is 0 Å². The lowest BCUT2D eigenvalue weighted by atomic mass is 9.94. The smallest absolute Gasteiger partial charge is 0.198 e. The number of hydrogen-bond donors (Lipinski definition) is 1. The molecule has 0 aliphatic carbocycles. The van der Waals surface area contributed by atoms with Crippen molar-refractivity contribution < 1.29 is 8.81 Å². The van der Waals surface area contributed by atoms with Crippen LogP contribution < -0.4 is 5.32 Å². The summed E-state index contributed by atoms with van der Waals surface area (Å²) in [5, 5.41) is 3.56. The monoisotopic (exact) mass is 281 g/mol. The molecule has 0 amide bonds. The number of benzene rings is 1. The molecule has 2 nitrogen and oxygen atoms in total. The molecule has 2 aromatic rings. The minimum Gasteiger partial charge on any atom is -0.453 e. The molecule has 1 aromatic carbocycles. The molecule has 0 spiro atoms. The van der Waals surface area contributed by atoms with E-state index >= 15 is 0 Å². The fraction of sp³-hybridized carbons (Fsp3) is 0.333. The van der Waals surface area contributed by atoms with Crippen molar-refractivity contribution in [2.45, 2.75) is 26.8 Å². The second-order valence-corrected chi connectivity index (χ2v) is 4.96. The fourth-order valence-corrected chi connectivity index (χ4v) is 2.60. The molecule has 0 fully saturated rings. The van der Waals surface area contributed by atoms with Crippen LogP contribution in [0.4, 0.5) is 4.39 Å². The van der Waals surface area contributed by atoms with E-state index in [1.54, 1.807) is 12.1 Å². The van der Waals surface area contributed by atoms with Gasteiger partial charge in [-0.2, -0.15) is 0 Å². The lowest BCUT2D eigenvalue weighted by Crippen LogP contribution is -2.24. The third-order valence-electron chi connectivity index (χ3n) is 3.13. The number of nitrogens with one attached hydrogen (secondary N) is 1. The first-order valence-electron chi connectivity index (χ1n) is 6.27. The lowest BCUT2D eigenvalue weighted by Gasteiger charge is -2.20. The van der Waals surface area contributed by atoms with Gasteiger partial charge in [0.15, 0.2) is 5.22 Å². The molecular weight excluding hydrogens is 265 g/mol. The normalized spacial score (nSPS) is 12.7. The van der Waals surface area contributed by atoms with Crippen molar-refractivity contribution in [1.82, 2.24) is 5.32 Å². The topological polar surface area (TPSA) is 25.2 Å². The molecule has 0 aliphatic rings. The van der Waals surface area contributed by atoms with Gasteiger partial charge in [0, 0.05) is 11.1 Å². The quantitative estimate of drug-likeness (QED) is 0.899. The third kappa shape index (κ3) is 2.82. The maximum atomic E-state index is 14.3. The summed E-state index contributed by atoms with van der Waals surface area (Å²) in [7, 11) is 0. The van der Waals surface area contributed by atoms with Gasteiger partial charge in [0.2, 0.25) is 0 Å². The molecule has 0 aliphatic heterocycles. The highest BCUT2D eigenvalue weighted by molar-refractivity contribution is 6.29. The van der Waals surface area contributed by atoms with Gasteiger partial charge in [-0.15, -0.1) is 0 Å². The molecule has 2 rings (SSSR count). The van der Waals surface area contributed by atoms with Gasteiger partial charge >= 0.3 is 0 Å². The minimum atomic E-state index is -0.295. The van der Waals surface area contributed by atoms with Gasteiger partial charge < -0.3 is 9.73 Å². The summed E-state index contributed by atoms with van der Waals surface area (Å²) in [4.78, 5) is 0. The van der Waals surface area contributed by atoms with Crippen LogP contribution in [0.2, 0.25) is 5.22 Å². The van der Waals surface area contributed by atoms with Crippen molar-refractivity contribution in [2.24, 2.45) is 0 Å². The molecule has 1 atom stereocenters. The number of rotatable bonds is 4. The Balaban J connectivity index is 2.54. The second-order valence-electron chi connectivity index (χ2n) is 4.62. The highest BCUT2D eigenvalue weighted by atomic mass is 35.5. The fourth-order valence-electron chi connectivity index (χ4n) is 2.37. The highest BCUT2D eigenvalue weighted by Gasteiger charge is 2.23. The number of halogens is 2. The summed E-state index contributed by atoms with van der Waals surface area (Å²) in [6.45, 7) is 6.47. The number of aryl methyl sites for hydroxylation is 2. The average molecular weight is 282 g/mol. The summed E-state index contributed by atoms with van der Waals surface area (Å²) in [5.74, 6) is -0.222. The Kier molecular flexibility index (Phi) is 4.27. The molecule has 1 aromatic heterocycles. The zero-order valence-electron chi connectivity index (χ0n) is 11.3. The third-order valence-corrected chi connectivity index (χ3v) is 3.44. The molecule has 0 saturated heterocycles. The molecule has 1 N–H and O–H groups in total. The molecule has 4 heteroatoms. The zero-order valence-corrected chi connectivity index (χ0v) is 12.0. The van der Waals surface area contributed by atoms with Gasteiger partial charge in [0.05, 0.1) is 12.3 Å². The SMILES string of the molecule is CCNC(c1ccoc1Cl)c1c(C)cc(C)cc1F. The first-order valence-corrected chi connectivity index (χ1v) is 6.65. The van der Waals surface area contributed by atoms with Crippen LogP contribution in [0.1, 0.15) is 35.2 Å². The molecular formula is C15H17ClFNO. The minimum absolute atomic E-state index is 0.222. The first-order chi connectivity index (χ1) is 9.04. The van der Waals surface area contributed by atoms with Crippen molar-refractivity contribution >= 4 is 11.6 Å². The largest absolute Gasteiger partial charge is 0.453 e. The molecule has 1 heterocycles. The predicted molar refractivity (Wildman–Crippen MR) is 75.1 cm³/mol. The van der Waals surface area contributed by atoms with Crippen LogP contribution in [-0.2, 0) is 0 Å². The van der Waals surface area contributed by atoms with Crippen LogP contribution in [0.3, 0.4) is 0 Å². The second kappa shape index (κ2) is 5.76. The summed E-state index contributed by atoms with van der Waals surface area (Å²) in [5.41, 5.74) is 3.19. The Labute approximate surface area is 117 Å². The summed E-state index contributed by atoms with van der Waals surface area (Å²) in [6.07, 6.45) is 1.52. The van der Waals surface area contributed by atoms with E-state index < -0.39 is 0 Å². The first kappa shape index (κ1) is 14.1. The van der Waals surface area contributed by atoms with Gasteiger partial charge in [-0.05, 0) is 55.3 Å². The van der Waals surface area contributed by atoms with Gasteiger partial charge in [0.25, 0.3) is 0 Å². The van der Waals surface area contributed by atoms with Gasteiger partial charge in [-0.25, -0.2) is 4.39 Å². The summed E-state index contributed by atoms with van der Waals surface area (Å²) >= 11 is 6.03. The van der Waals surface area contributed by atoms with Crippen molar-refractivity contribution in [3.63, 3.8) is 0 Å². The van der Waals surface area contributed by atoms with Crippen LogP contribution in [-0.4, -0.2) is 6.54 Å². The molecule has 1 unspecified atom stereocenters. The van der Waals surface area contributed by atoms with Crippen LogP contribution in [0.15, 0.2) is 28.9 Å². The van der Waals surface area contributed by atoms with Crippen molar-refractivity contribution in [3.8, 4) is 0 Å². The van der Waals surface area contributed by atoms with E-state index in [0.29, 0.717) is 17.3 Å². The van der Waals surface area contributed by atoms with E-state index in [2.05, 4.69) is 5.32 Å². The predicted octanol–water partition coefficient (Wildman–Crippen LogP) is 4.39. The summed E-state index contributed by atoms with van der Waals surface area (Å²) < 4.78 is 19.4. The molecule has 19 heavy (non-hydrogen) atoms. The van der Waals surface area contributed by atoms with E-state index in [-0.39, 0.29) is 11.9 Å². The highest BCUT2D eigenvalue weighted by Crippen LogP contribution is 2.32. The van der Waals surface area contributed by atoms with Crippen molar-refractivity contribution in [1.29, 1.82) is 0 Å². The maximum absolute atomic E-state index is 14.3. The lowest BCUT2D eigenvalue weighted by molar-refractivity contribution is 0.537. The molecule has 0 saturated carbocycles. The average Bonchev–Trinajstić information content (AvgIpc) is 2.73. The Morgan fingerprint density at radius 3 is 2.63 bits per heavy atom. The number of furan rings is 1. The number of hydrogen-bond acceptors (Lipinski definition) is 2. The van der Waals surface area contributed by atoms with E-state index in [4.69, 9.17) is 16.0 Å². The van der Waals surface area contributed by atoms with E-state index in [1.165, 1.54) is 6.26 Å². The van der Waals surface area contributed by atoms with Gasteiger partial charge in [-0.3, -0.25) is 0 Å². The zero-order chi connectivity index (χ0) is 14.0. The Bertz CT molecular complexity index is 556. The van der Waals surface area contributed by atoms with Crippen LogP contribution in [0, 0.1) is 19.7 Å². The van der Waals surface area contributed by atoms with Gasteiger partial charge in [-0.1, -0.05) is 13.0 Å². The van der Waals surface area contributed by atoms with E-state index in [1.807, 2.05) is 26.8 Å².